The van der Waals surface area contributed by atoms with Crippen LogP contribution in [0, 0.1) is 12.8 Å². The Labute approximate surface area is 106 Å². The van der Waals surface area contributed by atoms with Crippen molar-refractivity contribution in [2.45, 2.75) is 52.5 Å². The number of pyridine rings is 1. The van der Waals surface area contributed by atoms with Gasteiger partial charge in [0.15, 0.2) is 0 Å². The van der Waals surface area contributed by atoms with Gasteiger partial charge in [0.1, 0.15) is 0 Å². The van der Waals surface area contributed by atoms with E-state index >= 15 is 0 Å². The van der Waals surface area contributed by atoms with Crippen LogP contribution in [0.25, 0.3) is 0 Å². The van der Waals surface area contributed by atoms with Crippen molar-refractivity contribution in [1.29, 1.82) is 0 Å². The molecule has 0 bridgehead atoms. The minimum Gasteiger partial charge on any atom is -0.313 e. The summed E-state index contributed by atoms with van der Waals surface area (Å²) in [7, 11) is 2.06. The molecular formula is C15H26N2. The molecule has 1 aromatic heterocycles. The number of nitrogens with one attached hydrogen (secondary N) is 1. The molecule has 0 saturated heterocycles. The molecule has 1 N–H and O–H groups in total. The quantitative estimate of drug-likeness (QED) is 0.774. The normalized spacial score (nSPS) is 14.6. The van der Waals surface area contributed by atoms with Gasteiger partial charge in [-0.3, -0.25) is 4.98 Å². The smallest absolute Gasteiger partial charge is 0.0364 e. The highest BCUT2D eigenvalue weighted by Crippen LogP contribution is 2.29. The van der Waals surface area contributed by atoms with E-state index < -0.39 is 0 Å². The van der Waals surface area contributed by atoms with Gasteiger partial charge in [0.2, 0.25) is 0 Å². The van der Waals surface area contributed by atoms with Crippen LogP contribution in [-0.4, -0.2) is 12.0 Å². The number of hydrogen-bond acceptors (Lipinski definition) is 2. The van der Waals surface area contributed by atoms with Crippen LogP contribution in [-0.2, 0) is 0 Å². The summed E-state index contributed by atoms with van der Waals surface area (Å²) in [6.07, 6.45) is 9.01. The van der Waals surface area contributed by atoms with Gasteiger partial charge in [-0.1, -0.05) is 33.1 Å². The van der Waals surface area contributed by atoms with Gasteiger partial charge in [-0.2, -0.15) is 0 Å². The molecule has 2 nitrogen and oxygen atoms in total. The van der Waals surface area contributed by atoms with Gasteiger partial charge in [-0.15, -0.1) is 0 Å². The molecule has 2 atom stereocenters. The Kier molecular flexibility index (Phi) is 6.20. The molecule has 96 valence electrons. The molecule has 0 amide bonds. The number of rotatable bonds is 7. The summed E-state index contributed by atoms with van der Waals surface area (Å²) in [5.74, 6) is 0.711. The maximum atomic E-state index is 4.27. The molecule has 17 heavy (non-hydrogen) atoms. The lowest BCUT2D eigenvalue weighted by Gasteiger charge is -2.27. The van der Waals surface area contributed by atoms with E-state index in [0.29, 0.717) is 12.0 Å². The van der Waals surface area contributed by atoms with Crippen molar-refractivity contribution in [1.82, 2.24) is 10.3 Å². The van der Waals surface area contributed by atoms with E-state index in [4.69, 9.17) is 0 Å². The Morgan fingerprint density at radius 1 is 1.35 bits per heavy atom. The van der Waals surface area contributed by atoms with Crippen LogP contribution in [0.3, 0.4) is 0 Å². The summed E-state index contributed by atoms with van der Waals surface area (Å²) in [5.41, 5.74) is 2.70. The van der Waals surface area contributed by atoms with E-state index in [-0.39, 0.29) is 0 Å². The van der Waals surface area contributed by atoms with Crippen LogP contribution in [0.4, 0.5) is 0 Å². The maximum Gasteiger partial charge on any atom is 0.0364 e. The molecule has 1 rings (SSSR count). The predicted molar refractivity (Wildman–Crippen MR) is 74.1 cm³/mol. The fourth-order valence-electron chi connectivity index (χ4n) is 2.52. The first kappa shape index (κ1) is 14.2. The van der Waals surface area contributed by atoms with E-state index in [1.807, 2.05) is 12.4 Å². The highest BCUT2D eigenvalue weighted by Gasteiger charge is 2.21. The van der Waals surface area contributed by atoms with E-state index in [1.165, 1.54) is 36.8 Å². The van der Waals surface area contributed by atoms with Crippen molar-refractivity contribution in [2.24, 2.45) is 5.92 Å². The Bertz CT molecular complexity index is 322. The standard InChI is InChI=1S/C15H26N2/c1-5-7-8-13(6-2)15(16-4)14-11-17-10-9-12(14)3/h9-11,13,15-16H,5-8H2,1-4H3. The van der Waals surface area contributed by atoms with Crippen molar-refractivity contribution in [2.75, 3.05) is 7.05 Å². The topological polar surface area (TPSA) is 24.9 Å². The largest absolute Gasteiger partial charge is 0.313 e. The fraction of sp³-hybridized carbons (Fsp3) is 0.667. The lowest BCUT2D eigenvalue weighted by atomic mass is 9.86. The zero-order valence-corrected chi connectivity index (χ0v) is 11.7. The highest BCUT2D eigenvalue weighted by atomic mass is 14.9. The second-order valence-electron chi connectivity index (χ2n) is 4.81. The second kappa shape index (κ2) is 7.44. The first-order valence-corrected chi connectivity index (χ1v) is 6.82. The number of hydrogen-bond donors (Lipinski definition) is 1. The van der Waals surface area contributed by atoms with Gasteiger partial charge in [0, 0.05) is 18.4 Å². The van der Waals surface area contributed by atoms with E-state index in [1.54, 1.807) is 0 Å². The molecule has 0 fully saturated rings. The second-order valence-corrected chi connectivity index (χ2v) is 4.81. The fourth-order valence-corrected chi connectivity index (χ4v) is 2.52. The van der Waals surface area contributed by atoms with Crippen LogP contribution in [0.15, 0.2) is 18.5 Å². The summed E-state index contributed by atoms with van der Waals surface area (Å²) < 4.78 is 0. The van der Waals surface area contributed by atoms with Crippen molar-refractivity contribution in [3.63, 3.8) is 0 Å². The first-order valence-electron chi connectivity index (χ1n) is 6.82. The molecule has 2 unspecified atom stereocenters. The molecule has 0 aliphatic heterocycles. The Morgan fingerprint density at radius 2 is 2.12 bits per heavy atom. The Hall–Kier alpha value is -0.890. The lowest BCUT2D eigenvalue weighted by molar-refractivity contribution is 0.337. The molecule has 0 saturated carbocycles. The monoisotopic (exact) mass is 234 g/mol. The van der Waals surface area contributed by atoms with Crippen LogP contribution < -0.4 is 5.32 Å². The van der Waals surface area contributed by atoms with E-state index in [2.05, 4.69) is 44.2 Å². The van der Waals surface area contributed by atoms with Crippen LogP contribution in [0.5, 0.6) is 0 Å². The van der Waals surface area contributed by atoms with Crippen molar-refractivity contribution in [3.05, 3.63) is 29.6 Å². The average Bonchev–Trinajstić information content (AvgIpc) is 2.36. The maximum absolute atomic E-state index is 4.27. The summed E-state index contributed by atoms with van der Waals surface area (Å²) >= 11 is 0. The summed E-state index contributed by atoms with van der Waals surface area (Å²) in [4.78, 5) is 4.27. The number of aryl methyl sites for hydroxylation is 1. The van der Waals surface area contributed by atoms with E-state index in [0.717, 1.165) is 0 Å². The molecule has 2 heteroatoms. The Morgan fingerprint density at radius 3 is 2.65 bits per heavy atom. The third-order valence-corrected chi connectivity index (χ3v) is 3.65. The molecule has 0 aromatic carbocycles. The molecule has 0 radical (unpaired) electrons. The van der Waals surface area contributed by atoms with Gasteiger partial charge in [-0.05, 0) is 43.5 Å². The number of unbranched alkanes of at least 4 members (excludes halogenated alkanes) is 1. The minimum absolute atomic E-state index is 0.445. The van der Waals surface area contributed by atoms with Crippen molar-refractivity contribution >= 4 is 0 Å². The molecule has 0 aliphatic rings. The van der Waals surface area contributed by atoms with E-state index in [9.17, 15) is 0 Å². The molecule has 1 aromatic rings. The third-order valence-electron chi connectivity index (χ3n) is 3.65. The summed E-state index contributed by atoms with van der Waals surface area (Å²) in [5, 5.41) is 3.48. The lowest BCUT2D eigenvalue weighted by Crippen LogP contribution is -2.26. The summed E-state index contributed by atoms with van der Waals surface area (Å²) in [6.45, 7) is 6.72. The SMILES string of the molecule is CCCCC(CC)C(NC)c1cnccc1C. The zero-order chi connectivity index (χ0) is 12.7. The molecule has 1 heterocycles. The highest BCUT2D eigenvalue weighted by molar-refractivity contribution is 5.25. The molecular weight excluding hydrogens is 208 g/mol. The average molecular weight is 234 g/mol. The number of aromatic nitrogens is 1. The van der Waals surface area contributed by atoms with Crippen molar-refractivity contribution in [3.8, 4) is 0 Å². The van der Waals surface area contributed by atoms with Crippen molar-refractivity contribution < 1.29 is 0 Å². The van der Waals surface area contributed by atoms with Crippen LogP contribution in [0.2, 0.25) is 0 Å². The summed E-state index contributed by atoms with van der Waals surface area (Å²) in [6, 6.07) is 2.55. The third kappa shape index (κ3) is 3.81. The van der Waals surface area contributed by atoms with Gasteiger partial charge in [0.25, 0.3) is 0 Å². The van der Waals surface area contributed by atoms with Gasteiger partial charge >= 0.3 is 0 Å². The first-order chi connectivity index (χ1) is 8.24. The minimum atomic E-state index is 0.445. The van der Waals surface area contributed by atoms with Crippen LogP contribution in [0.1, 0.15) is 56.7 Å². The predicted octanol–water partition coefficient (Wildman–Crippen LogP) is 3.87. The number of nitrogens with zero attached hydrogens (tertiary/aromatic N) is 1. The molecule has 0 spiro atoms. The molecule has 0 aliphatic carbocycles. The van der Waals surface area contributed by atoms with Gasteiger partial charge in [0.05, 0.1) is 0 Å². The van der Waals surface area contributed by atoms with Gasteiger partial charge < -0.3 is 5.32 Å². The van der Waals surface area contributed by atoms with Crippen LogP contribution >= 0.6 is 0 Å². The Balaban J connectivity index is 2.85. The van der Waals surface area contributed by atoms with Gasteiger partial charge in [-0.25, -0.2) is 0 Å². The zero-order valence-electron chi connectivity index (χ0n) is 11.7.